The highest BCUT2D eigenvalue weighted by atomic mass is 79.9. The fourth-order valence-electron chi connectivity index (χ4n) is 0.904. The van der Waals surface area contributed by atoms with Crippen molar-refractivity contribution in [3.05, 3.63) is 40.4 Å². The zero-order chi connectivity index (χ0) is 8.81. The van der Waals surface area contributed by atoms with Gasteiger partial charge in [0.25, 0.3) is 0 Å². The van der Waals surface area contributed by atoms with E-state index in [-0.39, 0.29) is 6.61 Å². The van der Waals surface area contributed by atoms with Crippen LogP contribution in [0, 0.1) is 0 Å². The zero-order valence-electron chi connectivity index (χ0n) is 6.70. The maximum Gasteiger partial charge on any atom is 0.0465 e. The van der Waals surface area contributed by atoms with Gasteiger partial charge in [-0.05, 0) is 24.1 Å². The number of aliphatic hydroxyl groups is 1. The lowest BCUT2D eigenvalue weighted by Gasteiger charge is -1.93. The monoisotopic (exact) mass is 226 g/mol. The van der Waals surface area contributed by atoms with Gasteiger partial charge in [0.15, 0.2) is 0 Å². The standard InChI is InChI=1S/C10H11BrO/c11-10-6-3-5-9(8-10)4-1-2-7-12/h1,3-6,8,12H,2,7H2/b4-1+. The van der Waals surface area contributed by atoms with Crippen molar-refractivity contribution < 1.29 is 5.11 Å². The summed E-state index contributed by atoms with van der Waals surface area (Å²) in [6, 6.07) is 8.04. The summed E-state index contributed by atoms with van der Waals surface area (Å²) in [6.45, 7) is 0.213. The maximum atomic E-state index is 8.54. The molecule has 0 unspecified atom stereocenters. The molecule has 0 saturated carbocycles. The Bertz CT molecular complexity index is 268. The first-order valence-corrected chi connectivity index (χ1v) is 4.65. The summed E-state index contributed by atoms with van der Waals surface area (Å²) in [7, 11) is 0. The molecule has 1 nitrogen and oxygen atoms in total. The lowest BCUT2D eigenvalue weighted by Crippen LogP contribution is -1.76. The minimum Gasteiger partial charge on any atom is -0.396 e. The molecule has 0 amide bonds. The Morgan fingerprint density at radius 3 is 2.92 bits per heavy atom. The Labute approximate surface area is 80.9 Å². The van der Waals surface area contributed by atoms with Crippen LogP contribution in [-0.2, 0) is 0 Å². The third kappa shape index (κ3) is 3.20. The molecule has 0 atom stereocenters. The van der Waals surface area contributed by atoms with Crippen molar-refractivity contribution in [1.29, 1.82) is 0 Å². The molecule has 1 aromatic carbocycles. The van der Waals surface area contributed by atoms with Crippen molar-refractivity contribution in [2.45, 2.75) is 6.42 Å². The van der Waals surface area contributed by atoms with Crippen molar-refractivity contribution in [3.63, 3.8) is 0 Å². The number of aliphatic hydroxyl groups excluding tert-OH is 1. The molecule has 12 heavy (non-hydrogen) atoms. The summed E-state index contributed by atoms with van der Waals surface area (Å²) in [5.41, 5.74) is 1.15. The van der Waals surface area contributed by atoms with Gasteiger partial charge < -0.3 is 5.11 Å². The number of halogens is 1. The van der Waals surface area contributed by atoms with Crippen LogP contribution in [-0.4, -0.2) is 11.7 Å². The molecule has 0 heterocycles. The molecular formula is C10H11BrO. The van der Waals surface area contributed by atoms with Crippen LogP contribution in [0.5, 0.6) is 0 Å². The third-order valence-electron chi connectivity index (χ3n) is 1.45. The van der Waals surface area contributed by atoms with Crippen LogP contribution in [0.25, 0.3) is 6.08 Å². The average molecular weight is 227 g/mol. The molecule has 0 aromatic heterocycles. The fourth-order valence-corrected chi connectivity index (χ4v) is 1.32. The first-order chi connectivity index (χ1) is 5.83. The number of hydrogen-bond acceptors (Lipinski definition) is 1. The third-order valence-corrected chi connectivity index (χ3v) is 1.95. The van der Waals surface area contributed by atoms with Gasteiger partial charge in [0.05, 0.1) is 0 Å². The minimum absolute atomic E-state index is 0.213. The first-order valence-electron chi connectivity index (χ1n) is 3.86. The van der Waals surface area contributed by atoms with Crippen molar-refractivity contribution >= 4 is 22.0 Å². The topological polar surface area (TPSA) is 20.2 Å². The smallest absolute Gasteiger partial charge is 0.0465 e. The molecule has 1 aromatic rings. The van der Waals surface area contributed by atoms with E-state index in [9.17, 15) is 0 Å². The molecular weight excluding hydrogens is 216 g/mol. The average Bonchev–Trinajstić information content (AvgIpc) is 2.05. The predicted molar refractivity (Wildman–Crippen MR) is 54.9 cm³/mol. The molecule has 0 spiro atoms. The molecule has 0 saturated heterocycles. The first kappa shape index (κ1) is 9.49. The van der Waals surface area contributed by atoms with Gasteiger partial charge in [0.1, 0.15) is 0 Å². The van der Waals surface area contributed by atoms with E-state index in [0.717, 1.165) is 10.0 Å². The van der Waals surface area contributed by atoms with Crippen LogP contribution in [0.3, 0.4) is 0 Å². The Hall–Kier alpha value is -0.600. The van der Waals surface area contributed by atoms with Crippen LogP contribution >= 0.6 is 15.9 Å². The Morgan fingerprint density at radius 1 is 1.42 bits per heavy atom. The molecule has 0 aliphatic heterocycles. The van der Waals surface area contributed by atoms with Crippen LogP contribution in [0.15, 0.2) is 34.8 Å². The Balaban J connectivity index is 2.63. The summed E-state index contributed by atoms with van der Waals surface area (Å²) in [5, 5.41) is 8.54. The second kappa shape index (κ2) is 5.12. The molecule has 0 fully saturated rings. The summed E-state index contributed by atoms with van der Waals surface area (Å²) < 4.78 is 1.08. The maximum absolute atomic E-state index is 8.54. The highest BCUT2D eigenvalue weighted by molar-refractivity contribution is 9.10. The van der Waals surface area contributed by atoms with E-state index < -0.39 is 0 Å². The van der Waals surface area contributed by atoms with Crippen LogP contribution in [0.4, 0.5) is 0 Å². The highest BCUT2D eigenvalue weighted by Gasteiger charge is 1.87. The highest BCUT2D eigenvalue weighted by Crippen LogP contribution is 2.12. The molecule has 0 aliphatic rings. The van der Waals surface area contributed by atoms with E-state index >= 15 is 0 Å². The van der Waals surface area contributed by atoms with Gasteiger partial charge in [-0.3, -0.25) is 0 Å². The second-order valence-corrected chi connectivity index (χ2v) is 3.39. The molecule has 0 bridgehead atoms. The van der Waals surface area contributed by atoms with Gasteiger partial charge in [0.2, 0.25) is 0 Å². The summed E-state index contributed by atoms with van der Waals surface area (Å²) in [5.74, 6) is 0. The van der Waals surface area contributed by atoms with E-state index in [1.165, 1.54) is 0 Å². The van der Waals surface area contributed by atoms with Crippen molar-refractivity contribution in [3.8, 4) is 0 Å². The van der Waals surface area contributed by atoms with E-state index in [4.69, 9.17) is 5.11 Å². The predicted octanol–water partition coefficient (Wildman–Crippen LogP) is 2.84. The van der Waals surface area contributed by atoms with Gasteiger partial charge in [-0.25, -0.2) is 0 Å². The molecule has 1 N–H and O–H groups in total. The van der Waals surface area contributed by atoms with Gasteiger partial charge in [-0.1, -0.05) is 40.2 Å². The fraction of sp³-hybridized carbons (Fsp3) is 0.200. The lowest BCUT2D eigenvalue weighted by molar-refractivity contribution is 0.303. The Morgan fingerprint density at radius 2 is 2.25 bits per heavy atom. The van der Waals surface area contributed by atoms with Crippen molar-refractivity contribution in [1.82, 2.24) is 0 Å². The van der Waals surface area contributed by atoms with Gasteiger partial charge in [0, 0.05) is 11.1 Å². The van der Waals surface area contributed by atoms with E-state index in [1.54, 1.807) is 0 Å². The van der Waals surface area contributed by atoms with E-state index in [0.29, 0.717) is 6.42 Å². The SMILES string of the molecule is OCC/C=C/c1cccc(Br)c1. The van der Waals surface area contributed by atoms with Crippen molar-refractivity contribution in [2.24, 2.45) is 0 Å². The molecule has 1 rings (SSSR count). The van der Waals surface area contributed by atoms with Crippen molar-refractivity contribution in [2.75, 3.05) is 6.61 Å². The zero-order valence-corrected chi connectivity index (χ0v) is 8.29. The van der Waals surface area contributed by atoms with Gasteiger partial charge in [-0.15, -0.1) is 0 Å². The molecule has 2 heteroatoms. The summed E-state index contributed by atoms with van der Waals surface area (Å²) in [4.78, 5) is 0. The van der Waals surface area contributed by atoms with Gasteiger partial charge in [-0.2, -0.15) is 0 Å². The van der Waals surface area contributed by atoms with Crippen LogP contribution < -0.4 is 0 Å². The van der Waals surface area contributed by atoms with E-state index in [1.807, 2.05) is 36.4 Å². The largest absolute Gasteiger partial charge is 0.396 e. The lowest BCUT2D eigenvalue weighted by atomic mass is 10.2. The molecule has 0 radical (unpaired) electrons. The quantitative estimate of drug-likeness (QED) is 0.841. The van der Waals surface area contributed by atoms with Crippen LogP contribution in [0.1, 0.15) is 12.0 Å². The summed E-state index contributed by atoms with van der Waals surface area (Å²) in [6.07, 6.45) is 4.68. The van der Waals surface area contributed by atoms with Crippen LogP contribution in [0.2, 0.25) is 0 Å². The van der Waals surface area contributed by atoms with Gasteiger partial charge >= 0.3 is 0 Å². The summed E-state index contributed by atoms with van der Waals surface area (Å²) >= 11 is 3.39. The molecule has 64 valence electrons. The molecule has 0 aliphatic carbocycles. The number of rotatable bonds is 3. The number of benzene rings is 1. The second-order valence-electron chi connectivity index (χ2n) is 2.47. The minimum atomic E-state index is 0.213. The van der Waals surface area contributed by atoms with E-state index in [2.05, 4.69) is 15.9 Å². The number of hydrogen-bond donors (Lipinski definition) is 1. The Kier molecular flexibility index (Phi) is 4.05. The normalized spacial score (nSPS) is 10.8.